The number of aryl methyl sites for hydroxylation is 1. The van der Waals surface area contributed by atoms with Crippen LogP contribution >= 0.6 is 11.6 Å². The zero-order chi connectivity index (χ0) is 25.2. The first-order valence-electron chi connectivity index (χ1n) is 12.2. The number of hydrogen-bond acceptors (Lipinski definition) is 6. The number of likely N-dealkylation sites (tertiary alicyclic amines) is 1. The first kappa shape index (κ1) is 24.7. The van der Waals surface area contributed by atoms with Gasteiger partial charge in [-0.25, -0.2) is 0 Å². The Hall–Kier alpha value is -2.97. The van der Waals surface area contributed by atoms with Gasteiger partial charge in [-0.15, -0.1) is 0 Å². The van der Waals surface area contributed by atoms with E-state index in [1.54, 1.807) is 29.1 Å². The Bertz CT molecular complexity index is 1320. The normalized spacial score (nSPS) is 19.9. The third kappa shape index (κ3) is 5.55. The first-order valence-corrected chi connectivity index (χ1v) is 12.6. The van der Waals surface area contributed by atoms with Gasteiger partial charge in [-0.1, -0.05) is 29.8 Å². The number of rotatable bonds is 7. The van der Waals surface area contributed by atoms with E-state index in [9.17, 15) is 9.90 Å². The highest BCUT2D eigenvalue weighted by molar-refractivity contribution is 6.30. The largest absolute Gasteiger partial charge is 0.487 e. The summed E-state index contributed by atoms with van der Waals surface area (Å²) in [4.78, 5) is 21.5. The molecule has 1 aliphatic heterocycles. The standard InChI is InChI=1S/C28H31ClN4O3/c1-31(2)26-16-32(17-27(26)34)15-19-3-4-21-12-24(8-5-20(21)11-19)33-10-9-25(13-28(33)35)36-18-23-7-6-22(29)14-30-23/h3-4,6-7,9-14,26-27,34H,5,8,15-18H2,1-2H3/t26-,27-/m0/s1. The van der Waals surface area contributed by atoms with Crippen molar-refractivity contribution in [2.75, 3.05) is 27.2 Å². The van der Waals surface area contributed by atoms with Crippen molar-refractivity contribution >= 4 is 23.4 Å². The topological polar surface area (TPSA) is 70.8 Å². The molecule has 8 heteroatoms. The predicted molar refractivity (Wildman–Crippen MR) is 142 cm³/mol. The van der Waals surface area contributed by atoms with E-state index in [-0.39, 0.29) is 24.3 Å². The number of benzene rings is 1. The molecule has 0 radical (unpaired) electrons. The molecular weight excluding hydrogens is 476 g/mol. The van der Waals surface area contributed by atoms with Crippen molar-refractivity contribution in [3.05, 3.63) is 92.6 Å². The molecule has 2 aromatic heterocycles. The highest BCUT2D eigenvalue weighted by atomic mass is 35.5. The molecule has 0 saturated carbocycles. The Morgan fingerprint density at radius 1 is 1.14 bits per heavy atom. The summed E-state index contributed by atoms with van der Waals surface area (Å²) in [6, 6.07) is 13.6. The van der Waals surface area contributed by atoms with Crippen LogP contribution in [0.4, 0.5) is 0 Å². The average Bonchev–Trinajstić information content (AvgIpc) is 3.23. The number of aliphatic hydroxyl groups excluding tert-OH is 1. The number of nitrogens with zero attached hydrogens (tertiary/aromatic N) is 4. The van der Waals surface area contributed by atoms with Crippen molar-refractivity contribution in [1.29, 1.82) is 0 Å². The zero-order valence-electron chi connectivity index (χ0n) is 20.6. The fourth-order valence-corrected chi connectivity index (χ4v) is 5.11. The lowest BCUT2D eigenvalue weighted by molar-refractivity contribution is 0.112. The third-order valence-electron chi connectivity index (χ3n) is 6.96. The Labute approximate surface area is 216 Å². The molecule has 0 bridgehead atoms. The number of halogens is 1. The number of allylic oxidation sites excluding steroid dienone is 1. The maximum Gasteiger partial charge on any atom is 0.258 e. The van der Waals surface area contributed by atoms with Gasteiger partial charge in [0.15, 0.2) is 0 Å². The van der Waals surface area contributed by atoms with Crippen molar-refractivity contribution in [3.63, 3.8) is 0 Å². The molecule has 1 N–H and O–H groups in total. The van der Waals surface area contributed by atoms with E-state index in [1.807, 2.05) is 20.2 Å². The fraction of sp³-hybridized carbons (Fsp3) is 0.357. The van der Waals surface area contributed by atoms with Crippen molar-refractivity contribution in [2.24, 2.45) is 0 Å². The van der Waals surface area contributed by atoms with Crippen LogP contribution in [0.15, 0.2) is 59.7 Å². The van der Waals surface area contributed by atoms with E-state index in [1.165, 1.54) is 17.2 Å². The van der Waals surface area contributed by atoms with Gasteiger partial charge in [0, 0.05) is 49.8 Å². The smallest absolute Gasteiger partial charge is 0.258 e. The second-order valence-corrected chi connectivity index (χ2v) is 10.2. The second kappa shape index (κ2) is 10.6. The Balaban J connectivity index is 1.25. The molecule has 1 aliphatic carbocycles. The molecular formula is C28H31ClN4O3. The van der Waals surface area contributed by atoms with Gasteiger partial charge in [0.05, 0.1) is 16.8 Å². The summed E-state index contributed by atoms with van der Waals surface area (Å²) >= 11 is 5.87. The molecule has 36 heavy (non-hydrogen) atoms. The van der Waals surface area contributed by atoms with E-state index in [0.717, 1.165) is 42.9 Å². The monoisotopic (exact) mass is 506 g/mol. The van der Waals surface area contributed by atoms with Crippen molar-refractivity contribution in [3.8, 4) is 5.75 Å². The summed E-state index contributed by atoms with van der Waals surface area (Å²) < 4.78 is 7.44. The first-order chi connectivity index (χ1) is 17.4. The van der Waals surface area contributed by atoms with Gasteiger partial charge < -0.3 is 14.7 Å². The van der Waals surface area contributed by atoms with Crippen LogP contribution in [0.5, 0.6) is 5.75 Å². The maximum absolute atomic E-state index is 12.8. The van der Waals surface area contributed by atoms with Gasteiger partial charge in [-0.3, -0.25) is 19.2 Å². The molecule has 1 aromatic carbocycles. The number of aliphatic hydroxyl groups is 1. The van der Waals surface area contributed by atoms with Gasteiger partial charge in [0.2, 0.25) is 0 Å². The molecule has 5 rings (SSSR count). The van der Waals surface area contributed by atoms with Gasteiger partial charge in [-0.05, 0) is 67.9 Å². The fourth-order valence-electron chi connectivity index (χ4n) is 5.00. The van der Waals surface area contributed by atoms with Gasteiger partial charge in [-0.2, -0.15) is 0 Å². The van der Waals surface area contributed by atoms with Crippen molar-refractivity contribution < 1.29 is 9.84 Å². The summed E-state index contributed by atoms with van der Waals surface area (Å²) in [6.45, 7) is 2.67. The van der Waals surface area contributed by atoms with Crippen LogP contribution in [0.25, 0.3) is 11.8 Å². The molecule has 0 unspecified atom stereocenters. The molecule has 2 atom stereocenters. The van der Waals surface area contributed by atoms with E-state index in [4.69, 9.17) is 16.3 Å². The van der Waals surface area contributed by atoms with Crippen molar-refractivity contribution in [1.82, 2.24) is 19.4 Å². The lowest BCUT2D eigenvalue weighted by Gasteiger charge is -2.22. The minimum atomic E-state index is -0.313. The number of ether oxygens (including phenoxy) is 1. The predicted octanol–water partition coefficient (Wildman–Crippen LogP) is 3.53. The lowest BCUT2D eigenvalue weighted by Crippen LogP contribution is -2.37. The summed E-state index contributed by atoms with van der Waals surface area (Å²) in [6.07, 6.45) is 6.81. The second-order valence-electron chi connectivity index (χ2n) is 9.79. The van der Waals surface area contributed by atoms with Gasteiger partial charge in [0.25, 0.3) is 5.56 Å². The minimum absolute atomic E-state index is 0.120. The number of pyridine rings is 2. The van der Waals surface area contributed by atoms with Crippen LogP contribution < -0.4 is 10.3 Å². The van der Waals surface area contributed by atoms with Crippen LogP contribution in [0.3, 0.4) is 0 Å². The number of aromatic nitrogens is 2. The number of likely N-dealkylation sites (N-methyl/N-ethyl adjacent to an activating group) is 1. The average molecular weight is 507 g/mol. The Morgan fingerprint density at radius 2 is 2.00 bits per heavy atom. The summed E-state index contributed by atoms with van der Waals surface area (Å²) in [5.41, 5.74) is 5.30. The summed E-state index contributed by atoms with van der Waals surface area (Å²) in [5, 5.41) is 10.9. The highest BCUT2D eigenvalue weighted by Gasteiger charge is 2.32. The SMILES string of the molecule is CN(C)[C@H]1CN(Cc2ccc3c(c2)CCC(n2ccc(OCc4ccc(Cl)cn4)cc2=O)=C3)C[C@@H]1O. The molecule has 0 amide bonds. The molecule has 1 saturated heterocycles. The minimum Gasteiger partial charge on any atom is -0.487 e. The highest BCUT2D eigenvalue weighted by Crippen LogP contribution is 2.28. The quantitative estimate of drug-likeness (QED) is 0.528. The molecule has 188 valence electrons. The van der Waals surface area contributed by atoms with Crippen molar-refractivity contribution in [2.45, 2.75) is 38.1 Å². The number of hydrogen-bond donors (Lipinski definition) is 1. The Kier molecular flexibility index (Phi) is 7.25. The summed E-state index contributed by atoms with van der Waals surface area (Å²) in [7, 11) is 4.04. The Morgan fingerprint density at radius 3 is 2.72 bits per heavy atom. The molecule has 3 heterocycles. The molecule has 7 nitrogen and oxygen atoms in total. The maximum atomic E-state index is 12.8. The summed E-state index contributed by atoms with van der Waals surface area (Å²) in [5.74, 6) is 0.512. The molecule has 0 spiro atoms. The van der Waals surface area contributed by atoms with Crippen LogP contribution in [0, 0.1) is 0 Å². The van der Waals surface area contributed by atoms with Gasteiger partial charge >= 0.3 is 0 Å². The number of fused-ring (bicyclic) bond motifs is 1. The van der Waals surface area contributed by atoms with E-state index >= 15 is 0 Å². The van der Waals surface area contributed by atoms with E-state index < -0.39 is 0 Å². The molecule has 3 aromatic rings. The van der Waals surface area contributed by atoms with Crippen LogP contribution in [0.2, 0.25) is 5.02 Å². The third-order valence-corrected chi connectivity index (χ3v) is 7.18. The van der Waals surface area contributed by atoms with Crippen LogP contribution in [-0.2, 0) is 19.6 Å². The van der Waals surface area contributed by atoms with Crippen LogP contribution in [-0.4, -0.2) is 63.8 Å². The number of β-amino-alcohol motifs (C(OH)–C–C–N with tert-alkyl or cyclic N) is 1. The van der Waals surface area contributed by atoms with E-state index in [2.05, 4.69) is 39.1 Å². The lowest BCUT2D eigenvalue weighted by atomic mass is 9.93. The van der Waals surface area contributed by atoms with E-state index in [0.29, 0.717) is 17.3 Å². The molecule has 2 aliphatic rings. The zero-order valence-corrected chi connectivity index (χ0v) is 21.4. The van der Waals surface area contributed by atoms with Gasteiger partial charge in [0.1, 0.15) is 12.4 Å². The van der Waals surface area contributed by atoms with Crippen LogP contribution in [0.1, 0.15) is 28.8 Å². The molecule has 1 fully saturated rings.